The van der Waals surface area contributed by atoms with Gasteiger partial charge in [-0.25, -0.2) is 4.79 Å². The summed E-state index contributed by atoms with van der Waals surface area (Å²) in [5.74, 6) is -0.854. The van der Waals surface area contributed by atoms with E-state index in [-0.39, 0.29) is 17.5 Å². The smallest absolute Gasteiger partial charge is 0.345 e. The number of aryl methyl sites for hydroxylation is 1. The van der Waals surface area contributed by atoms with Crippen LogP contribution >= 0.6 is 22.9 Å². The monoisotopic (exact) mass is 449 g/mol. The standard InChI is InChI=1S/C24H32ClNO3S/c1-2-3-4-8-22(27)17-9-11-18(12-10-17)26-16-15-20(25)21(26)7-5-6-19-13-14-23(30-19)24(28)29/h9-14,20-22,27H,2-8,15-16H2,1H3,(H,28,29)/t20?,21-,22?/m0/s1. The van der Waals surface area contributed by atoms with E-state index in [1.54, 1.807) is 6.07 Å². The van der Waals surface area contributed by atoms with E-state index < -0.39 is 5.97 Å². The summed E-state index contributed by atoms with van der Waals surface area (Å²) >= 11 is 8.01. The molecule has 2 N–H and O–H groups in total. The highest BCUT2D eigenvalue weighted by Crippen LogP contribution is 2.33. The highest BCUT2D eigenvalue weighted by Gasteiger charge is 2.32. The SMILES string of the molecule is CCCCCC(O)c1ccc(N2CCC(Cl)[C@@H]2CCCc2ccc(C(=O)O)s2)cc1. The van der Waals surface area contributed by atoms with Gasteiger partial charge in [-0.1, -0.05) is 38.3 Å². The zero-order chi connectivity index (χ0) is 21.5. The molecule has 1 saturated heterocycles. The number of halogens is 1. The molecule has 6 heteroatoms. The van der Waals surface area contributed by atoms with Gasteiger partial charge < -0.3 is 15.1 Å². The first kappa shape index (κ1) is 23.1. The lowest BCUT2D eigenvalue weighted by molar-refractivity contribution is 0.0702. The second-order valence-corrected chi connectivity index (χ2v) is 9.86. The van der Waals surface area contributed by atoms with Crippen molar-refractivity contribution in [3.05, 3.63) is 51.7 Å². The van der Waals surface area contributed by atoms with Crippen LogP contribution in [0.4, 0.5) is 5.69 Å². The number of nitrogens with zero attached hydrogens (tertiary/aromatic N) is 1. The van der Waals surface area contributed by atoms with Crippen molar-refractivity contribution in [3.63, 3.8) is 0 Å². The Bertz CT molecular complexity index is 807. The highest BCUT2D eigenvalue weighted by atomic mass is 35.5. The van der Waals surface area contributed by atoms with E-state index in [9.17, 15) is 9.90 Å². The third-order valence-electron chi connectivity index (χ3n) is 5.95. The number of hydrogen-bond donors (Lipinski definition) is 2. The number of hydrogen-bond acceptors (Lipinski definition) is 4. The fourth-order valence-corrected chi connectivity index (χ4v) is 5.48. The van der Waals surface area contributed by atoms with Gasteiger partial charge >= 0.3 is 5.97 Å². The molecule has 0 saturated carbocycles. The molecule has 30 heavy (non-hydrogen) atoms. The van der Waals surface area contributed by atoms with Gasteiger partial charge in [0.15, 0.2) is 0 Å². The van der Waals surface area contributed by atoms with E-state index in [0.717, 1.165) is 74.0 Å². The molecule has 0 amide bonds. The maximum absolute atomic E-state index is 11.0. The summed E-state index contributed by atoms with van der Waals surface area (Å²) in [6.45, 7) is 3.12. The summed E-state index contributed by atoms with van der Waals surface area (Å²) in [5, 5.41) is 19.6. The molecule has 1 aromatic heterocycles. The average molecular weight is 450 g/mol. The van der Waals surface area contributed by atoms with Gasteiger partial charge in [0.25, 0.3) is 0 Å². The molecule has 3 atom stereocenters. The van der Waals surface area contributed by atoms with E-state index in [2.05, 4.69) is 24.0 Å². The Morgan fingerprint density at radius 2 is 1.97 bits per heavy atom. The van der Waals surface area contributed by atoms with Crippen LogP contribution in [0.2, 0.25) is 0 Å². The lowest BCUT2D eigenvalue weighted by Crippen LogP contribution is -2.33. The Balaban J connectivity index is 1.55. The van der Waals surface area contributed by atoms with E-state index in [0.29, 0.717) is 4.88 Å². The van der Waals surface area contributed by atoms with Crippen molar-refractivity contribution in [1.29, 1.82) is 0 Å². The maximum atomic E-state index is 11.0. The number of aromatic carboxylic acids is 1. The first-order valence-electron chi connectivity index (χ1n) is 11.0. The number of unbranched alkanes of at least 4 members (excludes halogenated alkanes) is 2. The van der Waals surface area contributed by atoms with E-state index >= 15 is 0 Å². The first-order valence-corrected chi connectivity index (χ1v) is 12.3. The van der Waals surface area contributed by atoms with E-state index in [1.807, 2.05) is 18.2 Å². The molecular formula is C24H32ClNO3S. The third-order valence-corrected chi connectivity index (χ3v) is 7.59. The van der Waals surface area contributed by atoms with Gasteiger partial charge in [0.2, 0.25) is 0 Å². The summed E-state index contributed by atoms with van der Waals surface area (Å²) in [5.41, 5.74) is 2.15. The van der Waals surface area contributed by atoms with Crippen LogP contribution < -0.4 is 4.90 Å². The third kappa shape index (κ3) is 5.99. The van der Waals surface area contributed by atoms with Crippen molar-refractivity contribution in [2.75, 3.05) is 11.4 Å². The van der Waals surface area contributed by atoms with Crippen LogP contribution in [0.15, 0.2) is 36.4 Å². The molecule has 1 aromatic carbocycles. The predicted octanol–water partition coefficient (Wildman–Crippen LogP) is 6.27. The van der Waals surface area contributed by atoms with Crippen LogP contribution in [0, 0.1) is 0 Å². The first-order chi connectivity index (χ1) is 14.5. The van der Waals surface area contributed by atoms with Gasteiger partial charge in [-0.2, -0.15) is 0 Å². The molecule has 4 nitrogen and oxygen atoms in total. The van der Waals surface area contributed by atoms with Gasteiger partial charge in [-0.05, 0) is 61.9 Å². The molecule has 0 spiro atoms. The molecule has 2 unspecified atom stereocenters. The van der Waals surface area contributed by atoms with Crippen molar-refractivity contribution in [2.24, 2.45) is 0 Å². The van der Waals surface area contributed by atoms with Gasteiger partial charge in [0.1, 0.15) is 4.88 Å². The molecule has 0 radical (unpaired) electrons. The van der Waals surface area contributed by atoms with E-state index in [1.165, 1.54) is 11.3 Å². The van der Waals surface area contributed by atoms with Crippen LogP contribution in [-0.4, -0.2) is 34.1 Å². The number of aliphatic hydroxyl groups excluding tert-OH is 1. The Labute approximate surface area is 188 Å². The number of carboxylic acid groups (broad SMARTS) is 1. The van der Waals surface area contributed by atoms with E-state index in [4.69, 9.17) is 16.7 Å². The summed E-state index contributed by atoms with van der Waals surface area (Å²) in [7, 11) is 0. The average Bonchev–Trinajstić information content (AvgIpc) is 3.36. The Morgan fingerprint density at radius 1 is 1.20 bits per heavy atom. The fraction of sp³-hybridized carbons (Fsp3) is 0.542. The fourth-order valence-electron chi connectivity index (χ4n) is 4.23. The highest BCUT2D eigenvalue weighted by molar-refractivity contribution is 7.13. The zero-order valence-corrected chi connectivity index (χ0v) is 19.2. The molecule has 2 heterocycles. The Kier molecular flexibility index (Phi) is 8.61. The molecular weight excluding hydrogens is 418 g/mol. The molecule has 0 aliphatic carbocycles. The number of anilines is 1. The van der Waals surface area contributed by atoms with Gasteiger partial charge in [-0.15, -0.1) is 22.9 Å². The minimum atomic E-state index is -0.854. The van der Waals surface area contributed by atoms with Crippen molar-refractivity contribution in [2.45, 2.75) is 75.8 Å². The van der Waals surface area contributed by atoms with Crippen LogP contribution in [-0.2, 0) is 6.42 Å². The molecule has 164 valence electrons. The quantitative estimate of drug-likeness (QED) is 0.313. The minimum absolute atomic E-state index is 0.127. The molecule has 1 fully saturated rings. The topological polar surface area (TPSA) is 60.8 Å². The second kappa shape index (κ2) is 11.2. The number of thiophene rings is 1. The van der Waals surface area contributed by atoms with Crippen LogP contribution in [0.25, 0.3) is 0 Å². The largest absolute Gasteiger partial charge is 0.477 e. The second-order valence-electron chi connectivity index (χ2n) is 8.13. The van der Waals surface area contributed by atoms with Crippen LogP contribution in [0.3, 0.4) is 0 Å². The molecule has 1 aliphatic rings. The Morgan fingerprint density at radius 3 is 2.63 bits per heavy atom. The van der Waals surface area contributed by atoms with Crippen molar-refractivity contribution >= 4 is 34.6 Å². The number of benzene rings is 1. The van der Waals surface area contributed by atoms with Gasteiger partial charge in [-0.3, -0.25) is 0 Å². The number of alkyl halides is 1. The van der Waals surface area contributed by atoms with Crippen molar-refractivity contribution in [1.82, 2.24) is 0 Å². The molecule has 3 rings (SSSR count). The number of aliphatic hydroxyl groups is 1. The number of carboxylic acids is 1. The zero-order valence-electron chi connectivity index (χ0n) is 17.6. The normalized spacial score (nSPS) is 19.9. The molecule has 0 bridgehead atoms. The predicted molar refractivity (Wildman–Crippen MR) is 125 cm³/mol. The molecule has 1 aliphatic heterocycles. The number of carbonyl (C=O) groups is 1. The summed E-state index contributed by atoms with van der Waals surface area (Å²) in [6.07, 6.45) is 7.62. The minimum Gasteiger partial charge on any atom is -0.477 e. The van der Waals surface area contributed by atoms with Crippen molar-refractivity contribution < 1.29 is 15.0 Å². The maximum Gasteiger partial charge on any atom is 0.345 e. The van der Waals surface area contributed by atoms with Gasteiger partial charge in [0, 0.05) is 23.2 Å². The van der Waals surface area contributed by atoms with Crippen LogP contribution in [0.5, 0.6) is 0 Å². The Hall–Kier alpha value is -1.56. The lowest BCUT2D eigenvalue weighted by Gasteiger charge is -2.28. The summed E-state index contributed by atoms with van der Waals surface area (Å²) in [6, 6.07) is 12.2. The summed E-state index contributed by atoms with van der Waals surface area (Å²) < 4.78 is 0. The van der Waals surface area contributed by atoms with Crippen LogP contribution in [0.1, 0.15) is 78.1 Å². The van der Waals surface area contributed by atoms with Gasteiger partial charge in [0.05, 0.1) is 11.5 Å². The summed E-state index contributed by atoms with van der Waals surface area (Å²) in [4.78, 5) is 15.0. The van der Waals surface area contributed by atoms with Crippen molar-refractivity contribution in [3.8, 4) is 0 Å². The lowest BCUT2D eigenvalue weighted by atomic mass is 10.0. The number of rotatable bonds is 11. The molecule has 2 aromatic rings.